The SMILES string of the molecule is Cl.Cl.Fc1cccc(-c2cncc(C3CC4CCC3N4)c2)c1. The zero-order valence-electron chi connectivity index (χ0n) is 12.0. The number of nitrogens with zero attached hydrogens (tertiary/aromatic N) is 1. The van der Waals surface area contributed by atoms with E-state index in [-0.39, 0.29) is 30.6 Å². The van der Waals surface area contributed by atoms with Gasteiger partial charge < -0.3 is 5.32 Å². The minimum absolute atomic E-state index is 0. The number of aromatic nitrogens is 1. The van der Waals surface area contributed by atoms with Crippen molar-refractivity contribution in [3.63, 3.8) is 0 Å². The lowest BCUT2D eigenvalue weighted by Gasteiger charge is -2.20. The van der Waals surface area contributed by atoms with Crippen molar-refractivity contribution in [1.29, 1.82) is 0 Å². The molecule has 2 nitrogen and oxygen atoms in total. The van der Waals surface area contributed by atoms with Gasteiger partial charge in [0.1, 0.15) is 5.82 Å². The van der Waals surface area contributed by atoms with Crippen LogP contribution in [0.4, 0.5) is 4.39 Å². The van der Waals surface area contributed by atoms with Crippen LogP contribution in [-0.2, 0) is 0 Å². The molecule has 0 saturated carbocycles. The summed E-state index contributed by atoms with van der Waals surface area (Å²) in [5.74, 6) is 0.365. The fourth-order valence-corrected chi connectivity index (χ4v) is 3.68. The van der Waals surface area contributed by atoms with E-state index in [1.807, 2.05) is 18.5 Å². The molecule has 1 aromatic carbocycles. The van der Waals surface area contributed by atoms with E-state index >= 15 is 0 Å². The highest BCUT2D eigenvalue weighted by Crippen LogP contribution is 2.40. The number of nitrogens with one attached hydrogen (secondary N) is 1. The number of halogens is 3. The summed E-state index contributed by atoms with van der Waals surface area (Å²) in [6.07, 6.45) is 7.56. The van der Waals surface area contributed by atoms with Gasteiger partial charge in [0.25, 0.3) is 0 Å². The molecule has 0 spiro atoms. The first kappa shape index (κ1) is 17.2. The molecule has 5 heteroatoms. The van der Waals surface area contributed by atoms with Gasteiger partial charge in [0.2, 0.25) is 0 Å². The second kappa shape index (κ2) is 6.95. The Morgan fingerprint density at radius 2 is 1.91 bits per heavy atom. The number of hydrogen-bond acceptors (Lipinski definition) is 2. The van der Waals surface area contributed by atoms with Gasteiger partial charge in [-0.2, -0.15) is 0 Å². The van der Waals surface area contributed by atoms with Gasteiger partial charge in [-0.3, -0.25) is 4.98 Å². The predicted octanol–water partition coefficient (Wildman–Crippen LogP) is 4.34. The molecule has 2 bridgehead atoms. The molecule has 3 unspecified atom stereocenters. The third kappa shape index (κ3) is 3.12. The van der Waals surface area contributed by atoms with Crippen LogP contribution in [0, 0.1) is 5.82 Å². The molecule has 0 amide bonds. The van der Waals surface area contributed by atoms with Crippen molar-refractivity contribution in [2.45, 2.75) is 37.3 Å². The molecule has 0 radical (unpaired) electrons. The van der Waals surface area contributed by atoms with Crippen LogP contribution in [0.25, 0.3) is 11.1 Å². The van der Waals surface area contributed by atoms with Gasteiger partial charge in [-0.1, -0.05) is 12.1 Å². The Bertz CT molecular complexity index is 650. The van der Waals surface area contributed by atoms with Gasteiger partial charge >= 0.3 is 0 Å². The van der Waals surface area contributed by atoms with E-state index in [0.717, 1.165) is 11.1 Å². The number of fused-ring (bicyclic) bond motifs is 2. The molecular weight excluding hydrogens is 322 g/mol. The van der Waals surface area contributed by atoms with E-state index in [1.165, 1.54) is 30.9 Å². The summed E-state index contributed by atoms with van der Waals surface area (Å²) in [5.41, 5.74) is 3.19. The molecule has 4 rings (SSSR count). The molecule has 2 aliphatic rings. The van der Waals surface area contributed by atoms with E-state index in [2.05, 4.69) is 16.4 Å². The maximum Gasteiger partial charge on any atom is 0.123 e. The monoisotopic (exact) mass is 340 g/mol. The minimum atomic E-state index is -0.200. The van der Waals surface area contributed by atoms with E-state index in [0.29, 0.717) is 18.0 Å². The van der Waals surface area contributed by atoms with E-state index in [9.17, 15) is 4.39 Å². The van der Waals surface area contributed by atoms with Crippen LogP contribution in [0.2, 0.25) is 0 Å². The van der Waals surface area contributed by atoms with Crippen molar-refractivity contribution >= 4 is 24.8 Å². The maximum absolute atomic E-state index is 13.3. The smallest absolute Gasteiger partial charge is 0.123 e. The summed E-state index contributed by atoms with van der Waals surface area (Å²) in [6.45, 7) is 0. The Kier molecular flexibility index (Phi) is 5.43. The second-order valence-electron chi connectivity index (χ2n) is 5.91. The minimum Gasteiger partial charge on any atom is -0.311 e. The summed E-state index contributed by atoms with van der Waals surface area (Å²) in [7, 11) is 0. The molecule has 0 aliphatic carbocycles. The lowest BCUT2D eigenvalue weighted by Crippen LogP contribution is -2.21. The molecule has 1 aromatic heterocycles. The van der Waals surface area contributed by atoms with E-state index < -0.39 is 0 Å². The lowest BCUT2D eigenvalue weighted by molar-refractivity contribution is 0.505. The van der Waals surface area contributed by atoms with Crippen molar-refractivity contribution in [3.8, 4) is 11.1 Å². The number of rotatable bonds is 2. The van der Waals surface area contributed by atoms with Crippen LogP contribution in [0.5, 0.6) is 0 Å². The van der Waals surface area contributed by atoms with Gasteiger partial charge in [-0.25, -0.2) is 4.39 Å². The number of hydrogen-bond donors (Lipinski definition) is 1. The third-order valence-corrected chi connectivity index (χ3v) is 4.65. The summed E-state index contributed by atoms with van der Waals surface area (Å²) < 4.78 is 13.3. The summed E-state index contributed by atoms with van der Waals surface area (Å²) in [4.78, 5) is 4.37. The molecule has 118 valence electrons. The highest BCUT2D eigenvalue weighted by molar-refractivity contribution is 5.85. The largest absolute Gasteiger partial charge is 0.311 e. The van der Waals surface area contributed by atoms with Gasteiger partial charge in [0.05, 0.1) is 0 Å². The fraction of sp³-hybridized carbons (Fsp3) is 0.353. The van der Waals surface area contributed by atoms with Crippen molar-refractivity contribution in [1.82, 2.24) is 10.3 Å². The average Bonchev–Trinajstić information content (AvgIpc) is 3.10. The van der Waals surface area contributed by atoms with Crippen LogP contribution in [0.3, 0.4) is 0 Å². The van der Waals surface area contributed by atoms with Crippen LogP contribution >= 0.6 is 24.8 Å². The third-order valence-electron chi connectivity index (χ3n) is 4.65. The second-order valence-corrected chi connectivity index (χ2v) is 5.91. The Hall–Kier alpha value is -1.16. The van der Waals surface area contributed by atoms with E-state index in [1.54, 1.807) is 12.1 Å². The Morgan fingerprint density at radius 1 is 1.05 bits per heavy atom. The van der Waals surface area contributed by atoms with Crippen molar-refractivity contribution in [3.05, 3.63) is 54.1 Å². The quantitative estimate of drug-likeness (QED) is 0.879. The van der Waals surface area contributed by atoms with Crippen LogP contribution in [0.1, 0.15) is 30.7 Å². The zero-order chi connectivity index (χ0) is 13.5. The summed E-state index contributed by atoms with van der Waals surface area (Å²) in [5, 5.41) is 3.66. The lowest BCUT2D eigenvalue weighted by atomic mass is 9.84. The van der Waals surface area contributed by atoms with Gasteiger partial charge in [-0.05, 0) is 48.6 Å². The molecule has 3 atom stereocenters. The van der Waals surface area contributed by atoms with Crippen molar-refractivity contribution in [2.75, 3.05) is 0 Å². The molecule has 2 saturated heterocycles. The Labute approximate surface area is 142 Å². The molecule has 3 heterocycles. The molecule has 2 aromatic rings. The Morgan fingerprint density at radius 3 is 2.59 bits per heavy atom. The molecule has 2 aliphatic heterocycles. The number of benzene rings is 1. The molecule has 1 N–H and O–H groups in total. The normalized spacial score (nSPS) is 25.4. The van der Waals surface area contributed by atoms with Crippen molar-refractivity contribution in [2.24, 2.45) is 0 Å². The fourth-order valence-electron chi connectivity index (χ4n) is 3.68. The molecular formula is C17H19Cl2FN2. The first-order valence-electron chi connectivity index (χ1n) is 7.26. The maximum atomic E-state index is 13.3. The highest BCUT2D eigenvalue weighted by atomic mass is 35.5. The van der Waals surface area contributed by atoms with Crippen LogP contribution < -0.4 is 5.32 Å². The van der Waals surface area contributed by atoms with Crippen LogP contribution in [-0.4, -0.2) is 17.1 Å². The van der Waals surface area contributed by atoms with Gasteiger partial charge in [0.15, 0.2) is 0 Å². The Balaban J connectivity index is 0.000000882. The van der Waals surface area contributed by atoms with Gasteiger partial charge in [-0.15, -0.1) is 24.8 Å². The predicted molar refractivity (Wildman–Crippen MR) is 91.4 cm³/mol. The first-order chi connectivity index (χ1) is 9.79. The van der Waals surface area contributed by atoms with E-state index in [4.69, 9.17) is 0 Å². The van der Waals surface area contributed by atoms with Crippen molar-refractivity contribution < 1.29 is 4.39 Å². The zero-order valence-corrected chi connectivity index (χ0v) is 13.7. The molecule has 22 heavy (non-hydrogen) atoms. The topological polar surface area (TPSA) is 24.9 Å². The first-order valence-corrected chi connectivity index (χ1v) is 7.26. The van der Waals surface area contributed by atoms with Crippen LogP contribution in [0.15, 0.2) is 42.7 Å². The number of pyridine rings is 1. The van der Waals surface area contributed by atoms with Gasteiger partial charge in [0, 0.05) is 36.0 Å². The summed E-state index contributed by atoms with van der Waals surface area (Å²) in [6, 6.07) is 10.2. The standard InChI is InChI=1S/C17H17FN2.2ClH/c18-14-3-1-2-11(7-14)12-6-13(10-19-9-12)16-8-15-4-5-17(16)20-15;;/h1-3,6-7,9-10,15-17,20H,4-5,8H2;2*1H. The summed E-state index contributed by atoms with van der Waals surface area (Å²) >= 11 is 0. The highest BCUT2D eigenvalue weighted by Gasteiger charge is 2.39. The molecule has 2 fully saturated rings. The average molecular weight is 341 g/mol.